The van der Waals surface area contributed by atoms with E-state index in [1.165, 1.54) is 0 Å². The molecule has 0 aliphatic carbocycles. The van der Waals surface area contributed by atoms with Crippen molar-refractivity contribution in [1.82, 2.24) is 9.88 Å². The third kappa shape index (κ3) is 4.48. The predicted molar refractivity (Wildman–Crippen MR) is 107 cm³/mol. The zero-order valence-corrected chi connectivity index (χ0v) is 16.4. The second-order valence-electron chi connectivity index (χ2n) is 7.61. The Bertz CT molecular complexity index is 768. The van der Waals surface area contributed by atoms with Crippen molar-refractivity contribution in [2.75, 3.05) is 13.1 Å². The maximum Gasteiger partial charge on any atom is 0.254 e. The number of piperidine rings is 1. The summed E-state index contributed by atoms with van der Waals surface area (Å²) in [7, 11) is 0. The number of carbonyl (C=O) groups is 1. The number of nitrogens with zero attached hydrogens (tertiary/aromatic N) is 2. The molecule has 0 saturated carbocycles. The Morgan fingerprint density at radius 3 is 2.70 bits per heavy atom. The fourth-order valence-electron chi connectivity index (χ4n) is 3.85. The number of benzene rings is 1. The van der Waals surface area contributed by atoms with E-state index in [-0.39, 0.29) is 11.9 Å². The number of ether oxygens (including phenoxy) is 1. The van der Waals surface area contributed by atoms with Crippen LogP contribution in [-0.2, 0) is 6.61 Å². The lowest BCUT2D eigenvalue weighted by molar-refractivity contribution is 0.0573. The zero-order valence-electron chi connectivity index (χ0n) is 16.4. The van der Waals surface area contributed by atoms with Gasteiger partial charge < -0.3 is 15.4 Å². The molecule has 1 aromatic carbocycles. The van der Waals surface area contributed by atoms with Gasteiger partial charge in [-0.1, -0.05) is 13.0 Å². The molecule has 2 heterocycles. The minimum absolute atomic E-state index is 0.0716. The molecule has 144 valence electrons. The largest absolute Gasteiger partial charge is 0.488 e. The first-order chi connectivity index (χ1) is 13.0. The molecule has 1 amide bonds. The van der Waals surface area contributed by atoms with Crippen LogP contribution in [0, 0.1) is 19.8 Å². The minimum Gasteiger partial charge on any atom is -0.488 e. The molecule has 2 unspecified atom stereocenters. The summed E-state index contributed by atoms with van der Waals surface area (Å²) >= 11 is 0. The predicted octanol–water partition coefficient (Wildman–Crippen LogP) is 3.48. The first kappa shape index (κ1) is 19.4. The Kier molecular flexibility index (Phi) is 6.11. The van der Waals surface area contributed by atoms with Crippen LogP contribution in [0.1, 0.15) is 46.8 Å². The Morgan fingerprint density at radius 2 is 2.07 bits per heavy atom. The van der Waals surface area contributed by atoms with E-state index in [9.17, 15) is 4.79 Å². The van der Waals surface area contributed by atoms with Crippen LogP contribution in [-0.4, -0.2) is 34.9 Å². The molecule has 0 radical (unpaired) electrons. The summed E-state index contributed by atoms with van der Waals surface area (Å²) in [4.78, 5) is 19.2. The van der Waals surface area contributed by atoms with E-state index in [1.807, 2.05) is 43.0 Å². The Labute approximate surface area is 161 Å². The van der Waals surface area contributed by atoms with Crippen LogP contribution < -0.4 is 10.5 Å². The van der Waals surface area contributed by atoms with Crippen LogP contribution in [0.2, 0.25) is 0 Å². The molecule has 2 aromatic rings. The smallest absolute Gasteiger partial charge is 0.254 e. The van der Waals surface area contributed by atoms with Crippen LogP contribution in [0.3, 0.4) is 0 Å². The highest BCUT2D eigenvalue weighted by molar-refractivity contribution is 5.95. The van der Waals surface area contributed by atoms with E-state index in [0.717, 1.165) is 41.8 Å². The molecule has 1 saturated heterocycles. The van der Waals surface area contributed by atoms with E-state index in [1.54, 1.807) is 12.4 Å². The van der Waals surface area contributed by atoms with Gasteiger partial charge in [0.2, 0.25) is 0 Å². The summed E-state index contributed by atoms with van der Waals surface area (Å²) in [6.45, 7) is 7.96. The molecule has 5 nitrogen and oxygen atoms in total. The maximum atomic E-state index is 13.1. The van der Waals surface area contributed by atoms with Crippen LogP contribution in [0.5, 0.6) is 5.75 Å². The van der Waals surface area contributed by atoms with Crippen molar-refractivity contribution in [3.8, 4) is 5.75 Å². The number of likely N-dealkylation sites (tertiary alicyclic amines) is 1. The number of hydrogen-bond acceptors (Lipinski definition) is 4. The van der Waals surface area contributed by atoms with Gasteiger partial charge in [0.25, 0.3) is 5.91 Å². The van der Waals surface area contributed by atoms with Gasteiger partial charge in [-0.15, -0.1) is 0 Å². The van der Waals surface area contributed by atoms with Crippen molar-refractivity contribution in [2.24, 2.45) is 11.7 Å². The first-order valence-electron chi connectivity index (χ1n) is 9.63. The molecule has 0 spiro atoms. The fraction of sp³-hybridized carbons (Fsp3) is 0.455. The summed E-state index contributed by atoms with van der Waals surface area (Å²) in [6, 6.07) is 7.87. The summed E-state index contributed by atoms with van der Waals surface area (Å²) in [6.07, 6.45) is 5.56. The fourth-order valence-corrected chi connectivity index (χ4v) is 3.85. The van der Waals surface area contributed by atoms with Crippen molar-refractivity contribution in [1.29, 1.82) is 0 Å². The molecule has 0 bridgehead atoms. The average molecular weight is 367 g/mol. The summed E-state index contributed by atoms with van der Waals surface area (Å²) < 4.78 is 6.01. The molecule has 1 fully saturated rings. The van der Waals surface area contributed by atoms with Crippen molar-refractivity contribution in [2.45, 2.75) is 46.3 Å². The monoisotopic (exact) mass is 367 g/mol. The normalized spacial score (nSPS) is 19.8. The minimum atomic E-state index is 0.0716. The molecular formula is C22H29N3O2. The van der Waals surface area contributed by atoms with E-state index >= 15 is 0 Å². The molecule has 1 aromatic heterocycles. The number of pyridine rings is 1. The lowest BCUT2D eigenvalue weighted by Crippen LogP contribution is -2.49. The molecule has 2 atom stereocenters. The third-order valence-corrected chi connectivity index (χ3v) is 5.32. The number of aromatic nitrogens is 1. The van der Waals surface area contributed by atoms with Crippen LogP contribution in [0.4, 0.5) is 0 Å². The lowest BCUT2D eigenvalue weighted by Gasteiger charge is -2.38. The highest BCUT2D eigenvalue weighted by atomic mass is 16.5. The second kappa shape index (κ2) is 8.53. The number of hydrogen-bond donors (Lipinski definition) is 1. The highest BCUT2D eigenvalue weighted by Crippen LogP contribution is 2.28. The van der Waals surface area contributed by atoms with Gasteiger partial charge in [0, 0.05) is 42.7 Å². The van der Waals surface area contributed by atoms with Gasteiger partial charge in [0.15, 0.2) is 0 Å². The van der Waals surface area contributed by atoms with Gasteiger partial charge in [-0.05, 0) is 61.9 Å². The molecule has 27 heavy (non-hydrogen) atoms. The van der Waals surface area contributed by atoms with Crippen LogP contribution in [0.15, 0.2) is 36.7 Å². The van der Waals surface area contributed by atoms with E-state index in [0.29, 0.717) is 24.6 Å². The van der Waals surface area contributed by atoms with Gasteiger partial charge in [0.1, 0.15) is 12.4 Å². The lowest BCUT2D eigenvalue weighted by atomic mass is 9.91. The number of aryl methyl sites for hydroxylation is 2. The van der Waals surface area contributed by atoms with Crippen LogP contribution in [0.25, 0.3) is 0 Å². The topological polar surface area (TPSA) is 68.5 Å². The van der Waals surface area contributed by atoms with Gasteiger partial charge in [-0.25, -0.2) is 0 Å². The van der Waals surface area contributed by atoms with Crippen LogP contribution >= 0.6 is 0 Å². The zero-order chi connectivity index (χ0) is 19.4. The standard InChI is InChI=1S/C22H29N3O2/c1-15-6-8-25(20(9-15)12-23)22(26)19-10-16(2)21(17(3)11-19)27-14-18-5-4-7-24-13-18/h4-5,7,10-11,13,15,20H,6,8-9,12,14,23H2,1-3H3. The Morgan fingerprint density at radius 1 is 1.33 bits per heavy atom. The molecular weight excluding hydrogens is 338 g/mol. The van der Waals surface area contributed by atoms with E-state index in [2.05, 4.69) is 11.9 Å². The molecule has 1 aliphatic rings. The Hall–Kier alpha value is -2.40. The number of carbonyl (C=O) groups excluding carboxylic acids is 1. The molecule has 1 aliphatic heterocycles. The van der Waals surface area contributed by atoms with Gasteiger partial charge in [-0.3, -0.25) is 9.78 Å². The SMILES string of the molecule is Cc1cc(C(=O)N2CCC(C)CC2CN)cc(C)c1OCc1cccnc1. The van der Waals surface area contributed by atoms with Gasteiger partial charge >= 0.3 is 0 Å². The average Bonchev–Trinajstić information content (AvgIpc) is 2.67. The van der Waals surface area contributed by atoms with Crippen molar-refractivity contribution in [3.63, 3.8) is 0 Å². The summed E-state index contributed by atoms with van der Waals surface area (Å²) in [5.74, 6) is 1.52. The highest BCUT2D eigenvalue weighted by Gasteiger charge is 2.30. The van der Waals surface area contributed by atoms with Gasteiger partial charge in [-0.2, -0.15) is 0 Å². The molecule has 5 heteroatoms. The number of rotatable bonds is 5. The van der Waals surface area contributed by atoms with Crippen molar-refractivity contribution < 1.29 is 9.53 Å². The summed E-state index contributed by atoms with van der Waals surface area (Å²) in [5.41, 5.74) is 9.60. The molecule has 3 rings (SSSR count). The maximum absolute atomic E-state index is 13.1. The van der Waals surface area contributed by atoms with Gasteiger partial charge in [0.05, 0.1) is 0 Å². The van der Waals surface area contributed by atoms with Crippen molar-refractivity contribution >= 4 is 5.91 Å². The number of nitrogens with two attached hydrogens (primary N) is 1. The van der Waals surface area contributed by atoms with E-state index < -0.39 is 0 Å². The number of amides is 1. The van der Waals surface area contributed by atoms with Crippen molar-refractivity contribution in [3.05, 3.63) is 58.9 Å². The second-order valence-corrected chi connectivity index (χ2v) is 7.61. The Balaban J connectivity index is 1.76. The first-order valence-corrected chi connectivity index (χ1v) is 9.63. The quantitative estimate of drug-likeness (QED) is 0.878. The third-order valence-electron chi connectivity index (χ3n) is 5.32. The molecule has 2 N–H and O–H groups in total. The summed E-state index contributed by atoms with van der Waals surface area (Å²) in [5, 5.41) is 0. The van der Waals surface area contributed by atoms with E-state index in [4.69, 9.17) is 10.5 Å².